The number of fused-ring (bicyclic) bond motifs is 3. The van der Waals surface area contributed by atoms with Gasteiger partial charge in [-0.05, 0) is 107 Å². The van der Waals surface area contributed by atoms with Crippen LogP contribution >= 0.6 is 0 Å². The Kier molecular flexibility index (Phi) is 30.5. The lowest BCUT2D eigenvalue weighted by Gasteiger charge is -2.43. The van der Waals surface area contributed by atoms with E-state index in [1.165, 1.54) is 14.2 Å². The Bertz CT molecular complexity index is 2330. The molecule has 1 amide bonds. The Morgan fingerprint density at radius 1 is 0.767 bits per heavy atom. The topological polar surface area (TPSA) is 335 Å². The quantitative estimate of drug-likeness (QED) is 0.0324. The maximum Gasteiger partial charge on any atom is 0.329 e. The summed E-state index contributed by atoms with van der Waals surface area (Å²) >= 11 is 0. The molecule has 0 aromatic rings. The molecule has 2 unspecified atom stereocenters. The van der Waals surface area contributed by atoms with Crippen LogP contribution in [0.2, 0.25) is 0 Å². The number of rotatable bonds is 22. The van der Waals surface area contributed by atoms with Gasteiger partial charge in [-0.25, -0.2) is 4.79 Å². The minimum Gasteiger partial charge on any atom is -0.481 e. The number of allylic oxidation sites excluding steroid dienone is 6. The molecule has 6 N–H and O–H groups in total. The number of carboxylic acids is 3. The molecule has 486 valence electrons. The summed E-state index contributed by atoms with van der Waals surface area (Å²) in [6, 6.07) is -1.29. The van der Waals surface area contributed by atoms with E-state index >= 15 is 0 Å². The van der Waals surface area contributed by atoms with Gasteiger partial charge in [0.15, 0.2) is 5.78 Å². The highest BCUT2D eigenvalue weighted by Crippen LogP contribution is 2.39. The average Bonchev–Trinajstić information content (AvgIpc) is 1.22. The highest BCUT2D eigenvalue weighted by molar-refractivity contribution is 6.39. The van der Waals surface area contributed by atoms with Gasteiger partial charge in [0.05, 0.1) is 83.3 Å². The zero-order valence-electron chi connectivity index (χ0n) is 51.8. The molecule has 23 heteroatoms. The Morgan fingerprint density at radius 3 is 1.97 bits per heavy atom. The fourth-order valence-corrected chi connectivity index (χ4v) is 11.8. The van der Waals surface area contributed by atoms with Crippen molar-refractivity contribution in [2.75, 3.05) is 60.4 Å². The molecule has 86 heavy (non-hydrogen) atoms. The van der Waals surface area contributed by atoms with E-state index in [0.29, 0.717) is 56.1 Å². The molecule has 4 aliphatic rings. The van der Waals surface area contributed by atoms with E-state index in [0.717, 1.165) is 4.90 Å². The van der Waals surface area contributed by atoms with Crippen molar-refractivity contribution in [1.82, 2.24) is 4.90 Å². The van der Waals surface area contributed by atoms with Crippen LogP contribution in [0.3, 0.4) is 0 Å². The maximum absolute atomic E-state index is 14.8. The number of amides is 1. The van der Waals surface area contributed by atoms with E-state index in [1.54, 1.807) is 65.0 Å². The highest BCUT2D eigenvalue weighted by Gasteiger charge is 2.53. The summed E-state index contributed by atoms with van der Waals surface area (Å²) in [6.07, 6.45) is 5.94. The van der Waals surface area contributed by atoms with Crippen molar-refractivity contribution in [3.05, 3.63) is 47.6 Å². The number of aliphatic hydroxyl groups is 3. The van der Waals surface area contributed by atoms with Gasteiger partial charge in [-0.15, -0.1) is 0 Å². The van der Waals surface area contributed by atoms with Crippen LogP contribution in [0.15, 0.2) is 47.6 Å². The number of ketones is 3. The third kappa shape index (κ3) is 22.5. The fourth-order valence-electron chi connectivity index (χ4n) is 11.8. The van der Waals surface area contributed by atoms with E-state index in [-0.39, 0.29) is 81.9 Å². The molecule has 3 heterocycles. The first kappa shape index (κ1) is 73.4. The number of methoxy groups -OCH3 is 2. The third-order valence-corrected chi connectivity index (χ3v) is 17.1. The smallest absolute Gasteiger partial charge is 0.329 e. The van der Waals surface area contributed by atoms with Crippen molar-refractivity contribution in [3.63, 3.8) is 0 Å². The lowest BCUT2D eigenvalue weighted by Crippen LogP contribution is -2.61. The van der Waals surface area contributed by atoms with Crippen molar-refractivity contribution in [2.45, 2.75) is 205 Å². The number of carboxylic acid groups (broad SMARTS) is 3. The molecular formula is C63H97NO22. The lowest BCUT2D eigenvalue weighted by atomic mass is 9.78. The number of hydrogen-bond donors (Lipinski definition) is 6. The standard InChI is InChI=1S/C63H97NO22/c1-38-15-11-10-12-16-39(2)51(86-62(35-81-26-22-53(67)68,36-82-27-23-54(69)70)37-83-28-24-55(71)72)33-46-20-18-44(7)63(78,85-46)59(75)60(76)64-25-14-13-17-47(64)61(77)84-50(41(4)31-45-19-21-48(65)52(32-45)79-8)34-49(66)40(3)30-43(6)57(74)58(80-9)56(73)42(5)29-38/h10-12,15-16,30,38,40-42,44-48,50-52,57-58,65,74,78H,13-14,17-29,31-37H2,1-9H3,(H,67,68)(H,69,70)(H,71,72)/b12-10+,15-11+,39-16+,43-30+/t38-,40-,41-,42-,44-,45+,46+,47?,48-,50+,51?,52-,57-,58+,63-/m1/s1. The number of nitrogens with zero attached hydrogens (tertiary/aromatic N) is 1. The summed E-state index contributed by atoms with van der Waals surface area (Å²) in [5, 5.41) is 62.9. The number of aliphatic hydroxyl groups excluding tert-OH is 2. The van der Waals surface area contributed by atoms with E-state index in [9.17, 15) is 69.0 Å². The molecule has 15 atom stereocenters. The van der Waals surface area contributed by atoms with Crippen LogP contribution in [-0.4, -0.2) is 203 Å². The normalized spacial score (nSPS) is 33.5. The first-order valence-corrected chi connectivity index (χ1v) is 30.4. The molecule has 1 aliphatic carbocycles. The second-order valence-corrected chi connectivity index (χ2v) is 24.2. The van der Waals surface area contributed by atoms with Gasteiger partial charge in [0.1, 0.15) is 35.7 Å². The molecule has 23 nitrogen and oxygen atoms in total. The largest absolute Gasteiger partial charge is 0.481 e. The number of carbonyl (C=O) groups is 8. The van der Waals surface area contributed by atoms with Gasteiger partial charge < -0.3 is 73.4 Å². The van der Waals surface area contributed by atoms with Crippen LogP contribution in [0.5, 0.6) is 0 Å². The molecular weight excluding hydrogens is 1120 g/mol. The highest BCUT2D eigenvalue weighted by atomic mass is 16.6. The number of aliphatic carboxylic acids is 3. The first-order valence-electron chi connectivity index (χ1n) is 30.4. The lowest BCUT2D eigenvalue weighted by molar-refractivity contribution is -0.269. The van der Waals surface area contributed by atoms with Crippen molar-refractivity contribution < 1.29 is 107 Å². The van der Waals surface area contributed by atoms with E-state index in [4.69, 9.17) is 37.9 Å². The summed E-state index contributed by atoms with van der Waals surface area (Å²) in [7, 11) is 2.86. The summed E-state index contributed by atoms with van der Waals surface area (Å²) < 4.78 is 48.3. The second kappa shape index (κ2) is 35.8. The van der Waals surface area contributed by atoms with Gasteiger partial charge in [-0.2, -0.15) is 0 Å². The van der Waals surface area contributed by atoms with Gasteiger partial charge in [-0.3, -0.25) is 33.6 Å². The van der Waals surface area contributed by atoms with Crippen molar-refractivity contribution in [2.24, 2.45) is 35.5 Å². The Balaban J connectivity index is 1.83. The Hall–Kier alpha value is -5.08. The number of cyclic esters (lactones) is 1. The molecule has 2 saturated heterocycles. The van der Waals surface area contributed by atoms with Crippen LogP contribution in [0.4, 0.5) is 0 Å². The van der Waals surface area contributed by atoms with Crippen molar-refractivity contribution in [1.29, 1.82) is 0 Å². The molecule has 3 aliphatic heterocycles. The first-order chi connectivity index (χ1) is 40.6. The third-order valence-electron chi connectivity index (χ3n) is 17.1. The number of piperidine rings is 1. The summed E-state index contributed by atoms with van der Waals surface area (Å²) in [5.41, 5.74) is -0.838. The molecule has 0 aromatic heterocycles. The number of Topliss-reactive ketones (excluding diaryl/α,β-unsaturated/α-hetero) is 3. The molecule has 0 aromatic carbocycles. The van der Waals surface area contributed by atoms with Crippen LogP contribution in [0.1, 0.15) is 145 Å². The minimum atomic E-state index is -2.72. The number of ether oxygens (including phenoxy) is 8. The Labute approximate surface area is 505 Å². The number of hydrogen-bond acceptors (Lipinski definition) is 19. The zero-order valence-corrected chi connectivity index (χ0v) is 51.8. The fraction of sp³-hybridized carbons (Fsp3) is 0.746. The van der Waals surface area contributed by atoms with Crippen LogP contribution in [-0.2, 0) is 76.3 Å². The molecule has 1 saturated carbocycles. The maximum atomic E-state index is 14.8. The molecule has 2 bridgehead atoms. The Morgan fingerprint density at radius 2 is 1.38 bits per heavy atom. The number of esters is 1. The molecule has 0 spiro atoms. The predicted octanol–water partition coefficient (Wildman–Crippen LogP) is 5.76. The summed E-state index contributed by atoms with van der Waals surface area (Å²) in [6.45, 7) is 9.96. The van der Waals surface area contributed by atoms with Gasteiger partial charge in [0.25, 0.3) is 11.7 Å². The monoisotopic (exact) mass is 1220 g/mol. The van der Waals surface area contributed by atoms with Crippen LogP contribution in [0.25, 0.3) is 0 Å². The minimum absolute atomic E-state index is 0.0355. The summed E-state index contributed by atoms with van der Waals surface area (Å²) in [5.74, 6) is -13.1. The van der Waals surface area contributed by atoms with Gasteiger partial charge in [-0.1, -0.05) is 71.1 Å². The van der Waals surface area contributed by atoms with Crippen LogP contribution in [0, 0.1) is 35.5 Å². The van der Waals surface area contributed by atoms with Crippen molar-refractivity contribution >= 4 is 47.1 Å². The average molecular weight is 1220 g/mol. The van der Waals surface area contributed by atoms with Gasteiger partial charge >= 0.3 is 23.9 Å². The van der Waals surface area contributed by atoms with E-state index in [1.807, 2.05) is 19.9 Å². The van der Waals surface area contributed by atoms with Crippen molar-refractivity contribution in [3.8, 4) is 0 Å². The predicted molar refractivity (Wildman–Crippen MR) is 311 cm³/mol. The SMILES string of the molecule is CO[C@@H]1C[C@H](C[C@@H](C)[C@@H]2CC(=O)[C@H](C)/C=C(\C)[C@@H](O)[C@@H](OC)C(=O)[C@H](C)C[C@H](C)/C=C/C=C/C=C(\C)C(OC(COCCC(=O)O)(COCCC(=O)O)COCCC(=O)O)C[C@@H]3CC[C@@H](C)[C@@](O)(O3)C(=O)C(=O)N3CCCCC3C(=O)O2)CC[C@H]1O. The van der Waals surface area contributed by atoms with Gasteiger partial charge in [0, 0.05) is 51.4 Å². The summed E-state index contributed by atoms with van der Waals surface area (Å²) in [4.78, 5) is 108. The number of carbonyl (C=O) groups excluding carboxylic acids is 5. The molecule has 3 fully saturated rings. The van der Waals surface area contributed by atoms with Crippen LogP contribution < -0.4 is 0 Å². The zero-order chi connectivity index (χ0) is 63.9. The van der Waals surface area contributed by atoms with E-state index < -0.39 is 158 Å². The second-order valence-electron chi connectivity index (χ2n) is 24.2. The molecule has 0 radical (unpaired) electrons. The van der Waals surface area contributed by atoms with E-state index in [2.05, 4.69) is 0 Å². The molecule has 4 rings (SSSR count). The van der Waals surface area contributed by atoms with Gasteiger partial charge in [0.2, 0.25) is 5.79 Å².